The molecule has 1 atom stereocenters. The summed E-state index contributed by atoms with van der Waals surface area (Å²) in [7, 11) is 1.70. The van der Waals surface area contributed by atoms with Gasteiger partial charge in [0.1, 0.15) is 0 Å². The van der Waals surface area contributed by atoms with Gasteiger partial charge in [-0.05, 0) is 25.2 Å². The number of rotatable bonds is 3. The monoisotopic (exact) mass is 223 g/mol. The summed E-state index contributed by atoms with van der Waals surface area (Å²) in [5.41, 5.74) is 2.03. The Morgan fingerprint density at radius 3 is 3.20 bits per heavy atom. The fourth-order valence-electron chi connectivity index (χ4n) is 1.52. The molecule has 2 aromatic heterocycles. The molecular weight excluding hydrogens is 210 g/mol. The Labute approximate surface area is 92.9 Å². The van der Waals surface area contributed by atoms with Crippen LogP contribution in [0, 0.1) is 4.77 Å². The number of ether oxygens (including phenoxy) is 1. The van der Waals surface area contributed by atoms with Crippen LogP contribution in [-0.2, 0) is 11.3 Å². The van der Waals surface area contributed by atoms with Gasteiger partial charge in [0.2, 0.25) is 0 Å². The smallest absolute Gasteiger partial charge is 0.178 e. The summed E-state index contributed by atoms with van der Waals surface area (Å²) in [5, 5.41) is 0. The van der Waals surface area contributed by atoms with Crippen LogP contribution in [0.1, 0.15) is 6.92 Å². The second kappa shape index (κ2) is 4.12. The van der Waals surface area contributed by atoms with E-state index in [-0.39, 0.29) is 6.10 Å². The number of imidazole rings is 1. The fourth-order valence-corrected chi connectivity index (χ4v) is 1.81. The second-order valence-corrected chi connectivity index (χ2v) is 3.87. The maximum Gasteiger partial charge on any atom is 0.178 e. The normalized spacial score (nSPS) is 13.2. The highest BCUT2D eigenvalue weighted by Gasteiger charge is 2.07. The van der Waals surface area contributed by atoms with Crippen LogP contribution in [0.15, 0.2) is 18.5 Å². The Kier molecular flexibility index (Phi) is 2.83. The van der Waals surface area contributed by atoms with Crippen molar-refractivity contribution in [2.24, 2.45) is 0 Å². The average molecular weight is 223 g/mol. The first-order valence-corrected chi connectivity index (χ1v) is 5.18. The highest BCUT2D eigenvalue weighted by Crippen LogP contribution is 2.13. The minimum atomic E-state index is 0.142. The van der Waals surface area contributed by atoms with Crippen molar-refractivity contribution in [1.82, 2.24) is 14.5 Å². The van der Waals surface area contributed by atoms with Crippen molar-refractivity contribution in [3.05, 3.63) is 23.2 Å². The van der Waals surface area contributed by atoms with Crippen molar-refractivity contribution in [3.63, 3.8) is 0 Å². The number of fused-ring (bicyclic) bond motifs is 1. The van der Waals surface area contributed by atoms with Gasteiger partial charge in [0.15, 0.2) is 4.77 Å². The number of methoxy groups -OCH3 is 1. The Morgan fingerprint density at radius 1 is 1.67 bits per heavy atom. The molecular formula is C10H13N3OS. The first kappa shape index (κ1) is 10.3. The van der Waals surface area contributed by atoms with Gasteiger partial charge in [-0.15, -0.1) is 0 Å². The highest BCUT2D eigenvalue weighted by molar-refractivity contribution is 7.71. The summed E-state index contributed by atoms with van der Waals surface area (Å²) in [6.45, 7) is 2.77. The third kappa shape index (κ3) is 1.93. The molecule has 0 radical (unpaired) electrons. The van der Waals surface area contributed by atoms with E-state index in [9.17, 15) is 0 Å². The van der Waals surface area contributed by atoms with Crippen LogP contribution in [0.4, 0.5) is 0 Å². The SMILES string of the molecule is COC(C)Cn1c(=S)[nH]c2cnccc21. The van der Waals surface area contributed by atoms with Gasteiger partial charge in [-0.1, -0.05) is 0 Å². The number of hydrogen-bond acceptors (Lipinski definition) is 3. The molecule has 0 aromatic carbocycles. The van der Waals surface area contributed by atoms with Crippen LogP contribution < -0.4 is 0 Å². The van der Waals surface area contributed by atoms with E-state index < -0.39 is 0 Å². The van der Waals surface area contributed by atoms with Gasteiger partial charge in [-0.25, -0.2) is 0 Å². The lowest BCUT2D eigenvalue weighted by Gasteiger charge is -2.10. The van der Waals surface area contributed by atoms with Crippen molar-refractivity contribution in [3.8, 4) is 0 Å². The number of nitrogens with zero attached hydrogens (tertiary/aromatic N) is 2. The number of H-pyrrole nitrogens is 1. The van der Waals surface area contributed by atoms with Crippen LogP contribution in [0.25, 0.3) is 11.0 Å². The van der Waals surface area contributed by atoms with Gasteiger partial charge < -0.3 is 14.3 Å². The lowest BCUT2D eigenvalue weighted by molar-refractivity contribution is 0.104. The lowest BCUT2D eigenvalue weighted by Crippen LogP contribution is -2.14. The maximum absolute atomic E-state index is 5.24. The topological polar surface area (TPSA) is 42.8 Å². The number of aromatic nitrogens is 3. The zero-order valence-corrected chi connectivity index (χ0v) is 9.54. The molecule has 0 fully saturated rings. The summed E-state index contributed by atoms with van der Waals surface area (Å²) in [4.78, 5) is 7.16. The Morgan fingerprint density at radius 2 is 2.47 bits per heavy atom. The first-order valence-electron chi connectivity index (χ1n) is 4.77. The van der Waals surface area contributed by atoms with E-state index in [0.29, 0.717) is 4.77 Å². The molecule has 0 aliphatic heterocycles. The molecule has 80 valence electrons. The van der Waals surface area contributed by atoms with Gasteiger partial charge in [0, 0.05) is 13.3 Å². The summed E-state index contributed by atoms with van der Waals surface area (Å²) < 4.78 is 7.97. The lowest BCUT2D eigenvalue weighted by atomic mass is 10.3. The van der Waals surface area contributed by atoms with Gasteiger partial charge >= 0.3 is 0 Å². The van der Waals surface area contributed by atoms with Gasteiger partial charge in [0.25, 0.3) is 0 Å². The number of pyridine rings is 1. The summed E-state index contributed by atoms with van der Waals surface area (Å²) >= 11 is 5.24. The van der Waals surface area contributed by atoms with Crippen molar-refractivity contribution in [1.29, 1.82) is 0 Å². The van der Waals surface area contributed by atoms with Crippen molar-refractivity contribution in [2.75, 3.05) is 7.11 Å². The highest BCUT2D eigenvalue weighted by atomic mass is 32.1. The number of nitrogens with one attached hydrogen (secondary N) is 1. The molecule has 2 heterocycles. The molecule has 5 heteroatoms. The van der Waals surface area contributed by atoms with Crippen LogP contribution >= 0.6 is 12.2 Å². The molecule has 1 unspecified atom stereocenters. The minimum Gasteiger partial charge on any atom is -0.380 e. The van der Waals surface area contributed by atoms with Gasteiger partial charge in [0.05, 0.1) is 29.9 Å². The standard InChI is InChI=1S/C10H13N3OS/c1-7(14-2)6-13-9-3-4-11-5-8(9)12-10(13)15/h3-5,7H,6H2,1-2H3,(H,12,15). The van der Waals surface area contributed by atoms with E-state index in [4.69, 9.17) is 17.0 Å². The van der Waals surface area contributed by atoms with Crippen molar-refractivity contribution in [2.45, 2.75) is 19.6 Å². The molecule has 2 aromatic rings. The van der Waals surface area contributed by atoms with Crippen molar-refractivity contribution < 1.29 is 4.74 Å². The third-order valence-corrected chi connectivity index (χ3v) is 2.74. The number of aromatic amines is 1. The van der Waals surface area contributed by atoms with E-state index in [1.54, 1.807) is 19.5 Å². The van der Waals surface area contributed by atoms with E-state index in [2.05, 4.69) is 9.97 Å². The first-order chi connectivity index (χ1) is 7.22. The molecule has 0 aliphatic rings. The minimum absolute atomic E-state index is 0.142. The Hall–Kier alpha value is -1.20. The van der Waals surface area contributed by atoms with Crippen molar-refractivity contribution >= 4 is 23.3 Å². The van der Waals surface area contributed by atoms with E-state index in [1.807, 2.05) is 17.6 Å². The van der Waals surface area contributed by atoms with Gasteiger partial charge in [-0.3, -0.25) is 4.98 Å². The molecule has 2 rings (SSSR count). The molecule has 0 bridgehead atoms. The molecule has 0 saturated carbocycles. The molecule has 0 amide bonds. The Balaban J connectivity index is 2.50. The Bertz CT molecular complexity index is 517. The summed E-state index contributed by atoms with van der Waals surface area (Å²) in [6.07, 6.45) is 3.68. The largest absolute Gasteiger partial charge is 0.380 e. The molecule has 0 saturated heterocycles. The number of hydrogen-bond donors (Lipinski definition) is 1. The summed E-state index contributed by atoms with van der Waals surface area (Å²) in [6, 6.07) is 1.95. The molecule has 1 N–H and O–H groups in total. The zero-order chi connectivity index (χ0) is 10.8. The average Bonchev–Trinajstić information content (AvgIpc) is 2.55. The van der Waals surface area contributed by atoms with Gasteiger partial charge in [-0.2, -0.15) is 0 Å². The molecule has 4 nitrogen and oxygen atoms in total. The second-order valence-electron chi connectivity index (χ2n) is 3.48. The quantitative estimate of drug-likeness (QED) is 0.811. The van der Waals surface area contributed by atoms with Crippen LogP contribution in [0.3, 0.4) is 0 Å². The third-order valence-electron chi connectivity index (χ3n) is 2.42. The molecule has 15 heavy (non-hydrogen) atoms. The van der Waals surface area contributed by atoms with Crippen LogP contribution in [0.5, 0.6) is 0 Å². The molecule has 0 spiro atoms. The van der Waals surface area contributed by atoms with Crippen LogP contribution in [0.2, 0.25) is 0 Å². The maximum atomic E-state index is 5.24. The predicted octanol–water partition coefficient (Wildman–Crippen LogP) is 2.13. The van der Waals surface area contributed by atoms with Crippen LogP contribution in [-0.4, -0.2) is 27.7 Å². The van der Waals surface area contributed by atoms with E-state index in [1.165, 1.54) is 0 Å². The van der Waals surface area contributed by atoms with E-state index >= 15 is 0 Å². The van der Waals surface area contributed by atoms with E-state index in [0.717, 1.165) is 17.6 Å². The predicted molar refractivity (Wildman–Crippen MR) is 61.4 cm³/mol. The molecule has 0 aliphatic carbocycles. The summed E-state index contributed by atoms with van der Waals surface area (Å²) in [5.74, 6) is 0. The fraction of sp³-hybridized carbons (Fsp3) is 0.400. The zero-order valence-electron chi connectivity index (χ0n) is 8.73.